The summed E-state index contributed by atoms with van der Waals surface area (Å²) < 4.78 is 48.5. The first-order valence-corrected chi connectivity index (χ1v) is 31.7. The topological polar surface area (TPSA) is 163 Å². The van der Waals surface area contributed by atoms with E-state index in [2.05, 4.69) is 61.8 Å². The van der Waals surface area contributed by atoms with E-state index in [1.807, 2.05) is 12.1 Å². The molecule has 0 saturated heterocycles. The van der Waals surface area contributed by atoms with Gasteiger partial charge in [0.05, 0.1) is 14.6 Å². The molecule has 8 aliphatic rings. The fraction of sp³-hybridized carbons (Fsp3) is 0.561. The minimum Gasteiger partial charge on any atom is -0.453 e. The second-order valence-electron chi connectivity index (χ2n) is 24.9. The number of anilines is 3. The van der Waals surface area contributed by atoms with Gasteiger partial charge >= 0.3 is 0 Å². The summed E-state index contributed by atoms with van der Waals surface area (Å²) in [4.78, 5) is 12.9. The molecule has 0 amide bonds. The summed E-state index contributed by atoms with van der Waals surface area (Å²) in [5.41, 5.74) is 37.7. The number of carbonyl (C=O) groups is 1. The third kappa shape index (κ3) is 12.1. The predicted octanol–water partition coefficient (Wildman–Crippen LogP) is 14.7. The van der Waals surface area contributed by atoms with E-state index < -0.39 is 21.2 Å². The Hall–Kier alpha value is -4.38. The number of carbonyl (C=O) groups excluding carboxylic acids is 1. The molecule has 0 radical (unpaired) electrons. The lowest BCUT2D eigenvalue weighted by atomic mass is 9.86. The van der Waals surface area contributed by atoms with Crippen molar-refractivity contribution in [1.82, 2.24) is 0 Å². The number of nitrogens with two attached hydrogens (primary N) is 3. The average Bonchev–Trinajstić information content (AvgIpc) is 4.40. The predicted molar refractivity (Wildman–Crippen MR) is 314 cm³/mol. The van der Waals surface area contributed by atoms with Crippen LogP contribution in [0.2, 0.25) is 0 Å². The maximum atomic E-state index is 12.9. The number of hydrogen-bond donors (Lipinski definition) is 4. The molecule has 408 valence electrons. The number of fused-ring (bicyclic) bond motifs is 4. The Morgan fingerprint density at radius 1 is 0.618 bits per heavy atom. The molecule has 1 heterocycles. The maximum Gasteiger partial charge on any atom is 0.218 e. The van der Waals surface area contributed by atoms with Crippen molar-refractivity contribution in [2.45, 2.75) is 211 Å². The summed E-state index contributed by atoms with van der Waals surface area (Å²) in [7, 11) is -3.94. The number of furan rings is 1. The maximum absolute atomic E-state index is 12.9. The van der Waals surface area contributed by atoms with Crippen LogP contribution in [0.3, 0.4) is 0 Å². The lowest BCUT2D eigenvalue weighted by Gasteiger charge is -2.19. The Morgan fingerprint density at radius 3 is 1.61 bits per heavy atom. The standard InChI is InChI=1S/C24H30O5S.C14H18BrN.2C14H19N/c1-15(16-7-8-16)20-10-9-17-5-4-6-21(17)22(20)12-19(25)14-30(27,28)23-11-18(13-29-23)24(2,3)26;1-8(9-5-6-9)12-7-13(15)10-3-2-4-11(10)14(12)16;2*1-9(10-5-6-10)12-8-7-11-3-2-4-13(11)14(12)15/h9-11,13,15-16,26H,4-8,12,14H2,1-3H3;7-9H,2-6,16H2,1H3;2*7-10H,2-6,15H2,1H3/t15-;8-;2*9-/m1111/s1/i9D;;7D;. The number of rotatable bonds is 14. The van der Waals surface area contributed by atoms with Crippen LogP contribution >= 0.6 is 15.9 Å². The molecule has 4 atom stereocenters. The highest BCUT2D eigenvalue weighted by molar-refractivity contribution is 9.10. The van der Waals surface area contributed by atoms with Crippen molar-refractivity contribution < 1.29 is 25.5 Å². The molecule has 8 nitrogen and oxygen atoms in total. The van der Waals surface area contributed by atoms with Gasteiger partial charge in [-0.1, -0.05) is 80.0 Å². The highest BCUT2D eigenvalue weighted by Gasteiger charge is 2.36. The van der Waals surface area contributed by atoms with Gasteiger partial charge in [-0.15, -0.1) is 0 Å². The van der Waals surface area contributed by atoms with Gasteiger partial charge < -0.3 is 26.7 Å². The molecule has 10 heteroatoms. The quantitative estimate of drug-likeness (QED) is 0.0799. The smallest absolute Gasteiger partial charge is 0.218 e. The van der Waals surface area contributed by atoms with E-state index in [4.69, 9.17) is 24.4 Å². The van der Waals surface area contributed by atoms with Crippen LogP contribution in [-0.2, 0) is 78.0 Å². The molecule has 8 aliphatic carbocycles. The molecule has 0 unspecified atom stereocenters. The number of ketones is 1. The molecular formula is C66H86BrN3O5S. The van der Waals surface area contributed by atoms with E-state index in [1.54, 1.807) is 13.8 Å². The van der Waals surface area contributed by atoms with Crippen LogP contribution < -0.4 is 17.2 Å². The molecule has 4 fully saturated rings. The Balaban J connectivity index is 0.000000124. The van der Waals surface area contributed by atoms with Crippen LogP contribution in [0.5, 0.6) is 0 Å². The van der Waals surface area contributed by atoms with E-state index in [0.717, 1.165) is 108 Å². The van der Waals surface area contributed by atoms with Crippen molar-refractivity contribution in [2.75, 3.05) is 23.0 Å². The minimum absolute atomic E-state index is 0.0628. The average molecular weight is 1120 g/mol. The first-order valence-electron chi connectivity index (χ1n) is 30.2. The number of aryl methyl sites for hydroxylation is 1. The Morgan fingerprint density at radius 2 is 1.05 bits per heavy atom. The zero-order valence-corrected chi connectivity index (χ0v) is 48.7. The number of nitrogen functional groups attached to an aromatic ring is 3. The molecule has 0 bridgehead atoms. The highest BCUT2D eigenvalue weighted by Crippen LogP contribution is 2.49. The largest absolute Gasteiger partial charge is 0.453 e. The van der Waals surface area contributed by atoms with Crippen molar-refractivity contribution in [3.05, 3.63) is 137 Å². The number of aliphatic hydroxyl groups is 1. The van der Waals surface area contributed by atoms with Gasteiger partial charge in [-0.05, 0) is 268 Å². The normalized spacial score (nSPS) is 20.2. The fourth-order valence-electron chi connectivity index (χ4n) is 13.3. The van der Waals surface area contributed by atoms with Crippen molar-refractivity contribution in [3.63, 3.8) is 0 Å². The summed E-state index contributed by atoms with van der Waals surface area (Å²) in [5.74, 6) is 4.32. The van der Waals surface area contributed by atoms with Gasteiger partial charge in [0.15, 0.2) is 5.78 Å². The van der Waals surface area contributed by atoms with Gasteiger partial charge in [-0.3, -0.25) is 4.79 Å². The van der Waals surface area contributed by atoms with E-state index in [0.29, 0.717) is 35.3 Å². The van der Waals surface area contributed by atoms with Crippen molar-refractivity contribution >= 4 is 48.6 Å². The SMILES string of the molecule is C[C@@H](c1cc(Br)c2c(c1N)CCC2)C1CC1.C[C@@H](c1ccc2c(c1N)CCC2)C1CC1.[2H]c1cc([C@H](C)C2CC2)c(CC(=O)CS(=O)(=O)c2cc(C(C)(C)O)co2)c2c1CCC2.[2H]c1cc([C@H](C)C2CC2)c(N)c2c1CCC2. The van der Waals surface area contributed by atoms with E-state index >= 15 is 0 Å². The number of sulfone groups is 1. The summed E-state index contributed by atoms with van der Waals surface area (Å²) in [6.07, 6.45) is 25.2. The molecule has 5 aromatic rings. The van der Waals surface area contributed by atoms with Crippen LogP contribution in [0.25, 0.3) is 0 Å². The van der Waals surface area contributed by atoms with E-state index in [9.17, 15) is 18.3 Å². The Bertz CT molecular complexity index is 3120. The monoisotopic (exact) mass is 1110 g/mol. The highest BCUT2D eigenvalue weighted by atomic mass is 79.9. The number of Topliss-reactive ketones (excluding diaryl/α,β-unsaturated/α-hetero) is 1. The molecule has 7 N–H and O–H groups in total. The number of hydrogen-bond acceptors (Lipinski definition) is 8. The zero-order valence-electron chi connectivity index (χ0n) is 48.3. The van der Waals surface area contributed by atoms with Crippen LogP contribution in [0.15, 0.2) is 68.7 Å². The van der Waals surface area contributed by atoms with Gasteiger partial charge in [-0.2, -0.15) is 0 Å². The molecule has 0 spiro atoms. The second kappa shape index (κ2) is 22.4. The first-order chi connectivity index (χ1) is 37.1. The van der Waals surface area contributed by atoms with E-state index in [1.165, 1.54) is 150 Å². The van der Waals surface area contributed by atoms with Crippen LogP contribution in [-0.4, -0.2) is 25.1 Å². The Labute approximate surface area is 466 Å². The molecule has 4 saturated carbocycles. The number of halogens is 1. The first kappa shape index (κ1) is 52.3. The number of benzene rings is 4. The molecule has 4 aromatic carbocycles. The summed E-state index contributed by atoms with van der Waals surface area (Å²) in [6.45, 7) is 12.2. The van der Waals surface area contributed by atoms with Gasteiger partial charge in [-0.25, -0.2) is 8.42 Å². The molecule has 0 aliphatic heterocycles. The van der Waals surface area contributed by atoms with Gasteiger partial charge in [0.2, 0.25) is 14.9 Å². The van der Waals surface area contributed by atoms with Crippen LogP contribution in [0, 0.1) is 23.7 Å². The van der Waals surface area contributed by atoms with Gasteiger partial charge in [0.1, 0.15) is 5.75 Å². The molecule has 1 aromatic heterocycles. The van der Waals surface area contributed by atoms with Crippen molar-refractivity contribution in [2.24, 2.45) is 23.7 Å². The fourth-order valence-corrected chi connectivity index (χ4v) is 15.1. The van der Waals surface area contributed by atoms with Crippen LogP contribution in [0.4, 0.5) is 17.1 Å². The van der Waals surface area contributed by atoms with Crippen molar-refractivity contribution in [1.29, 1.82) is 0 Å². The summed E-state index contributed by atoms with van der Waals surface area (Å²) >= 11 is 3.71. The van der Waals surface area contributed by atoms with Crippen molar-refractivity contribution in [3.8, 4) is 0 Å². The zero-order chi connectivity index (χ0) is 55.5. The molecule has 76 heavy (non-hydrogen) atoms. The van der Waals surface area contributed by atoms with Crippen LogP contribution in [0.1, 0.15) is 223 Å². The molecule has 13 rings (SSSR count). The molecular weight excluding hydrogens is 1030 g/mol. The lowest BCUT2D eigenvalue weighted by molar-refractivity contribution is -0.116. The third-order valence-electron chi connectivity index (χ3n) is 19.0. The summed E-state index contributed by atoms with van der Waals surface area (Å²) in [6, 6.07) is 13.4. The van der Waals surface area contributed by atoms with Gasteiger partial charge in [0, 0.05) is 39.6 Å². The Kier molecular flexibility index (Phi) is 15.4. The minimum atomic E-state index is -3.94. The third-order valence-corrected chi connectivity index (χ3v) is 21.2. The summed E-state index contributed by atoms with van der Waals surface area (Å²) in [5, 5.41) is 9.76. The second-order valence-corrected chi connectivity index (χ2v) is 27.7. The van der Waals surface area contributed by atoms with E-state index in [-0.39, 0.29) is 23.2 Å². The lowest BCUT2D eigenvalue weighted by Crippen LogP contribution is -2.20. The van der Waals surface area contributed by atoms with Gasteiger partial charge in [0.25, 0.3) is 0 Å².